The Morgan fingerprint density at radius 3 is 2.80 bits per heavy atom. The van der Waals surface area contributed by atoms with Crippen LogP contribution in [0.2, 0.25) is 5.02 Å². The van der Waals surface area contributed by atoms with Crippen LogP contribution in [-0.2, 0) is 0 Å². The molecule has 0 atom stereocenters. The number of nitrogens with one attached hydrogen (secondary N) is 2. The highest BCUT2D eigenvalue weighted by atomic mass is 35.5. The fourth-order valence-corrected chi connectivity index (χ4v) is 2.22. The molecule has 0 aliphatic carbocycles. The molecule has 2 aromatic carbocycles. The molecule has 5 heteroatoms. The van der Waals surface area contributed by atoms with E-state index < -0.39 is 0 Å². The molecular weight excluding hydrogens is 276 g/mol. The number of carbonyl (C=O) groups excluding carboxylic acids is 1. The Balaban J connectivity index is 1.91. The van der Waals surface area contributed by atoms with Gasteiger partial charge in [-0.25, -0.2) is 0 Å². The Bertz CT molecular complexity index is 795. The molecule has 3 rings (SSSR count). The minimum absolute atomic E-state index is 0.0169. The average Bonchev–Trinajstić information content (AvgIpc) is 2.87. The van der Waals surface area contributed by atoms with Gasteiger partial charge in [0.05, 0.1) is 10.6 Å². The van der Waals surface area contributed by atoms with Crippen LogP contribution in [0, 0.1) is 0 Å². The third kappa shape index (κ3) is 2.21. The molecule has 4 nitrogen and oxygen atoms in total. The van der Waals surface area contributed by atoms with E-state index in [1.54, 1.807) is 12.3 Å². The molecule has 1 heterocycles. The third-order valence-corrected chi connectivity index (χ3v) is 3.34. The summed E-state index contributed by atoms with van der Waals surface area (Å²) in [6.07, 6.45) is 1.67. The Kier molecular flexibility index (Phi) is 3.08. The van der Waals surface area contributed by atoms with Crippen molar-refractivity contribution in [3.05, 3.63) is 59.2 Å². The molecule has 0 saturated heterocycles. The van der Waals surface area contributed by atoms with E-state index in [2.05, 4.69) is 10.3 Å². The van der Waals surface area contributed by atoms with Crippen LogP contribution in [0.3, 0.4) is 0 Å². The first-order valence-corrected chi connectivity index (χ1v) is 6.39. The predicted octanol–water partition coefficient (Wildman–Crippen LogP) is 3.78. The van der Waals surface area contributed by atoms with Gasteiger partial charge in [-0.15, -0.1) is 0 Å². The van der Waals surface area contributed by atoms with Gasteiger partial charge in [-0.3, -0.25) is 4.79 Å². The summed E-state index contributed by atoms with van der Waals surface area (Å²) in [6.45, 7) is 0. The zero-order chi connectivity index (χ0) is 14.1. The van der Waals surface area contributed by atoms with Crippen LogP contribution in [0.5, 0.6) is 5.75 Å². The number of hydrogen-bond donors (Lipinski definition) is 3. The Morgan fingerprint density at radius 1 is 1.20 bits per heavy atom. The lowest BCUT2D eigenvalue weighted by molar-refractivity contribution is 0.102. The normalized spacial score (nSPS) is 10.7. The van der Waals surface area contributed by atoms with Crippen LogP contribution in [0.4, 0.5) is 5.69 Å². The zero-order valence-electron chi connectivity index (χ0n) is 10.4. The molecule has 3 aromatic rings. The maximum absolute atomic E-state index is 12.2. The number of aromatic hydroxyl groups is 1. The molecule has 0 saturated carbocycles. The summed E-state index contributed by atoms with van der Waals surface area (Å²) in [5.41, 5.74) is 1.99. The average molecular weight is 287 g/mol. The highest BCUT2D eigenvalue weighted by molar-refractivity contribution is 6.32. The predicted molar refractivity (Wildman–Crippen MR) is 79.4 cm³/mol. The topological polar surface area (TPSA) is 65.1 Å². The van der Waals surface area contributed by atoms with Crippen molar-refractivity contribution in [1.29, 1.82) is 0 Å². The van der Waals surface area contributed by atoms with E-state index in [1.807, 2.05) is 24.3 Å². The van der Waals surface area contributed by atoms with Gasteiger partial charge in [0.1, 0.15) is 5.75 Å². The molecule has 0 bridgehead atoms. The fraction of sp³-hybridized carbons (Fsp3) is 0. The van der Waals surface area contributed by atoms with Gasteiger partial charge in [0, 0.05) is 22.8 Å². The summed E-state index contributed by atoms with van der Waals surface area (Å²) in [4.78, 5) is 15.3. The zero-order valence-corrected chi connectivity index (χ0v) is 11.1. The largest absolute Gasteiger partial charge is 0.506 e. The van der Waals surface area contributed by atoms with E-state index in [0.717, 1.165) is 10.9 Å². The van der Waals surface area contributed by atoms with Gasteiger partial charge < -0.3 is 15.4 Å². The first-order chi connectivity index (χ1) is 9.65. The van der Waals surface area contributed by atoms with E-state index in [4.69, 9.17) is 11.6 Å². The summed E-state index contributed by atoms with van der Waals surface area (Å²) in [5.74, 6) is -0.249. The van der Waals surface area contributed by atoms with Crippen LogP contribution >= 0.6 is 11.6 Å². The van der Waals surface area contributed by atoms with Crippen LogP contribution in [0.15, 0.2) is 48.7 Å². The quantitative estimate of drug-likeness (QED) is 0.628. The van der Waals surface area contributed by atoms with Crippen molar-refractivity contribution >= 4 is 34.1 Å². The van der Waals surface area contributed by atoms with Crippen LogP contribution in [0.25, 0.3) is 10.9 Å². The molecule has 1 amide bonds. The number of rotatable bonds is 2. The second-order valence-corrected chi connectivity index (χ2v) is 4.78. The van der Waals surface area contributed by atoms with Gasteiger partial charge in [-0.2, -0.15) is 0 Å². The van der Waals surface area contributed by atoms with Crippen LogP contribution < -0.4 is 5.32 Å². The number of phenolic OH excluding ortho intramolecular Hbond substituents is 1. The van der Waals surface area contributed by atoms with Crippen molar-refractivity contribution in [3.8, 4) is 5.75 Å². The minimum Gasteiger partial charge on any atom is -0.506 e. The first kappa shape index (κ1) is 12.6. The molecule has 100 valence electrons. The van der Waals surface area contributed by atoms with E-state index in [1.165, 1.54) is 12.1 Å². The summed E-state index contributed by atoms with van der Waals surface area (Å²) in [5, 5.41) is 13.2. The Labute approximate surface area is 120 Å². The lowest BCUT2D eigenvalue weighted by Crippen LogP contribution is -2.11. The highest BCUT2D eigenvalue weighted by Gasteiger charge is 2.12. The smallest absolute Gasteiger partial charge is 0.257 e. The number of hydrogen-bond acceptors (Lipinski definition) is 2. The number of halogens is 1. The van der Waals surface area contributed by atoms with Gasteiger partial charge in [0.2, 0.25) is 0 Å². The summed E-state index contributed by atoms with van der Waals surface area (Å²) < 4.78 is 0. The van der Waals surface area contributed by atoms with Crippen molar-refractivity contribution in [2.75, 3.05) is 5.32 Å². The third-order valence-electron chi connectivity index (χ3n) is 3.04. The van der Waals surface area contributed by atoms with Crippen molar-refractivity contribution in [2.24, 2.45) is 0 Å². The number of anilines is 1. The van der Waals surface area contributed by atoms with Gasteiger partial charge in [0.15, 0.2) is 0 Å². The number of benzene rings is 2. The Hall–Kier alpha value is -2.46. The summed E-state index contributed by atoms with van der Waals surface area (Å²) in [6, 6.07) is 12.1. The second kappa shape index (κ2) is 4.90. The molecule has 0 radical (unpaired) electrons. The second-order valence-electron chi connectivity index (χ2n) is 4.37. The number of phenols is 1. The van der Waals surface area contributed by atoms with Crippen LogP contribution in [0.1, 0.15) is 10.4 Å². The van der Waals surface area contributed by atoms with Crippen molar-refractivity contribution in [3.63, 3.8) is 0 Å². The molecule has 3 N–H and O–H groups in total. The highest BCUT2D eigenvalue weighted by Crippen LogP contribution is 2.27. The number of aromatic nitrogens is 1. The molecule has 0 fully saturated rings. The standard InChI is InChI=1S/C15H11ClN2O2/c16-12-7-9(5-6-14(12)19)18-15(20)11-8-17-13-4-2-1-3-10(11)13/h1-8,17,19H,(H,18,20). The molecule has 0 unspecified atom stereocenters. The van der Waals surface area contributed by atoms with Gasteiger partial charge in [-0.05, 0) is 24.3 Å². The van der Waals surface area contributed by atoms with Gasteiger partial charge >= 0.3 is 0 Å². The van der Waals surface area contributed by atoms with Crippen LogP contribution in [-0.4, -0.2) is 16.0 Å². The number of para-hydroxylation sites is 1. The monoisotopic (exact) mass is 286 g/mol. The number of aromatic amines is 1. The molecule has 0 spiro atoms. The van der Waals surface area contributed by atoms with Gasteiger partial charge in [0.25, 0.3) is 5.91 Å². The number of carbonyl (C=O) groups is 1. The summed E-state index contributed by atoms with van der Waals surface area (Å²) in [7, 11) is 0. The van der Waals surface area contributed by atoms with E-state index in [-0.39, 0.29) is 16.7 Å². The fourth-order valence-electron chi connectivity index (χ4n) is 2.04. The maximum Gasteiger partial charge on any atom is 0.257 e. The summed E-state index contributed by atoms with van der Waals surface area (Å²) >= 11 is 5.81. The number of fused-ring (bicyclic) bond motifs is 1. The molecule has 20 heavy (non-hydrogen) atoms. The van der Waals surface area contributed by atoms with Gasteiger partial charge in [-0.1, -0.05) is 29.8 Å². The van der Waals surface area contributed by atoms with E-state index >= 15 is 0 Å². The Morgan fingerprint density at radius 2 is 2.00 bits per heavy atom. The first-order valence-electron chi connectivity index (χ1n) is 6.01. The molecule has 1 aromatic heterocycles. The number of amides is 1. The van der Waals surface area contributed by atoms with Crippen molar-refractivity contribution in [2.45, 2.75) is 0 Å². The lowest BCUT2D eigenvalue weighted by Gasteiger charge is -2.05. The number of H-pyrrole nitrogens is 1. The van der Waals surface area contributed by atoms with Crippen molar-refractivity contribution in [1.82, 2.24) is 4.98 Å². The maximum atomic E-state index is 12.2. The van der Waals surface area contributed by atoms with E-state index in [9.17, 15) is 9.90 Å². The van der Waals surface area contributed by atoms with Crippen molar-refractivity contribution < 1.29 is 9.90 Å². The minimum atomic E-state index is -0.232. The van der Waals surface area contributed by atoms with E-state index in [0.29, 0.717) is 11.3 Å². The lowest BCUT2D eigenvalue weighted by atomic mass is 10.1. The molecule has 0 aliphatic heterocycles. The molecular formula is C15H11ClN2O2. The molecule has 0 aliphatic rings. The SMILES string of the molecule is O=C(Nc1ccc(O)c(Cl)c1)c1c[nH]c2ccccc12.